The molecule has 0 saturated carbocycles. The molecule has 0 saturated heterocycles. The highest BCUT2D eigenvalue weighted by molar-refractivity contribution is 6.05. The van der Waals surface area contributed by atoms with Crippen molar-refractivity contribution in [1.29, 1.82) is 0 Å². The first-order valence-electron chi connectivity index (χ1n) is 8.29. The maximum atomic E-state index is 12.6. The first-order valence-corrected chi connectivity index (χ1v) is 8.29. The van der Waals surface area contributed by atoms with E-state index in [4.69, 9.17) is 4.74 Å². The van der Waals surface area contributed by atoms with Gasteiger partial charge in [-0.25, -0.2) is 0 Å². The second-order valence-corrected chi connectivity index (χ2v) is 5.49. The number of nitrogens with one attached hydrogen (secondary N) is 2. The minimum Gasteiger partial charge on any atom is -0.383 e. The molecule has 2 N–H and O–H groups in total. The van der Waals surface area contributed by atoms with Crippen LogP contribution in [0.1, 0.15) is 35.3 Å². The quantitative estimate of drug-likeness (QED) is 0.728. The second kappa shape index (κ2) is 9.03. The molecule has 1 heterocycles. The van der Waals surface area contributed by atoms with Crippen molar-refractivity contribution in [2.75, 3.05) is 30.9 Å². The van der Waals surface area contributed by atoms with Gasteiger partial charge >= 0.3 is 0 Å². The highest BCUT2D eigenvalue weighted by Crippen LogP contribution is 2.23. The number of benzene rings is 1. The van der Waals surface area contributed by atoms with E-state index in [-0.39, 0.29) is 5.91 Å². The Kier molecular flexibility index (Phi) is 6.75. The Morgan fingerprint density at radius 1 is 1.17 bits per heavy atom. The van der Waals surface area contributed by atoms with Crippen LogP contribution in [-0.4, -0.2) is 31.2 Å². The third kappa shape index (κ3) is 4.55. The lowest BCUT2D eigenvalue weighted by atomic mass is 10.0. The van der Waals surface area contributed by atoms with E-state index >= 15 is 0 Å². The SMILES string of the molecule is CCc1cccc(CC)c1NC(=O)c1cncc(NCCOC)c1. The molecule has 0 radical (unpaired) electrons. The summed E-state index contributed by atoms with van der Waals surface area (Å²) >= 11 is 0. The molecule has 5 heteroatoms. The van der Waals surface area contributed by atoms with Gasteiger partial charge in [0, 0.05) is 31.7 Å². The number of aryl methyl sites for hydroxylation is 2. The Bertz CT molecular complexity index is 664. The molecule has 0 spiro atoms. The lowest BCUT2D eigenvalue weighted by Crippen LogP contribution is -2.16. The van der Waals surface area contributed by atoms with Gasteiger partial charge < -0.3 is 15.4 Å². The number of ether oxygens (including phenoxy) is 1. The van der Waals surface area contributed by atoms with Crippen LogP contribution in [0.2, 0.25) is 0 Å². The molecule has 2 rings (SSSR count). The zero-order valence-electron chi connectivity index (χ0n) is 14.6. The third-order valence-corrected chi connectivity index (χ3v) is 3.87. The van der Waals surface area contributed by atoms with Gasteiger partial charge in [-0.05, 0) is 30.0 Å². The standard InChI is InChI=1S/C19H25N3O2/c1-4-14-7-6-8-15(5-2)18(14)22-19(23)16-11-17(13-20-12-16)21-9-10-24-3/h6-8,11-13,21H,4-5,9-10H2,1-3H3,(H,22,23). The Labute approximate surface area is 143 Å². The Balaban J connectivity index is 2.17. The van der Waals surface area contributed by atoms with Crippen molar-refractivity contribution < 1.29 is 9.53 Å². The van der Waals surface area contributed by atoms with Gasteiger partial charge in [-0.2, -0.15) is 0 Å². The van der Waals surface area contributed by atoms with Crippen LogP contribution in [0.3, 0.4) is 0 Å². The molecular formula is C19H25N3O2. The minimum absolute atomic E-state index is 0.145. The van der Waals surface area contributed by atoms with Gasteiger partial charge in [-0.3, -0.25) is 9.78 Å². The van der Waals surface area contributed by atoms with Gasteiger partial charge in [0.25, 0.3) is 5.91 Å². The van der Waals surface area contributed by atoms with E-state index in [1.807, 2.05) is 6.07 Å². The number of rotatable bonds is 8. The Hall–Kier alpha value is -2.40. The summed E-state index contributed by atoms with van der Waals surface area (Å²) in [4.78, 5) is 16.8. The molecule has 0 aliphatic heterocycles. The lowest BCUT2D eigenvalue weighted by molar-refractivity contribution is 0.102. The maximum Gasteiger partial charge on any atom is 0.257 e. The van der Waals surface area contributed by atoms with Crippen molar-refractivity contribution in [2.45, 2.75) is 26.7 Å². The van der Waals surface area contributed by atoms with Crippen LogP contribution >= 0.6 is 0 Å². The number of anilines is 2. The van der Waals surface area contributed by atoms with Crippen molar-refractivity contribution in [3.05, 3.63) is 53.3 Å². The fourth-order valence-electron chi connectivity index (χ4n) is 2.55. The monoisotopic (exact) mass is 327 g/mol. The number of hydrogen-bond donors (Lipinski definition) is 2. The van der Waals surface area contributed by atoms with Gasteiger partial charge in [0.05, 0.1) is 17.9 Å². The molecule has 1 aromatic carbocycles. The molecule has 1 aromatic heterocycles. The fraction of sp³-hybridized carbons (Fsp3) is 0.368. The van der Waals surface area contributed by atoms with E-state index in [1.54, 1.807) is 25.6 Å². The van der Waals surface area contributed by atoms with Gasteiger partial charge in [-0.15, -0.1) is 0 Å². The van der Waals surface area contributed by atoms with Crippen LogP contribution in [0, 0.1) is 0 Å². The van der Waals surface area contributed by atoms with E-state index in [1.165, 1.54) is 0 Å². The first-order chi connectivity index (χ1) is 11.7. The summed E-state index contributed by atoms with van der Waals surface area (Å²) in [6.45, 7) is 5.45. The zero-order chi connectivity index (χ0) is 17.4. The van der Waals surface area contributed by atoms with E-state index in [0.29, 0.717) is 18.7 Å². The number of hydrogen-bond acceptors (Lipinski definition) is 4. The third-order valence-electron chi connectivity index (χ3n) is 3.87. The maximum absolute atomic E-state index is 12.6. The van der Waals surface area contributed by atoms with Crippen molar-refractivity contribution in [3.8, 4) is 0 Å². The second-order valence-electron chi connectivity index (χ2n) is 5.49. The van der Waals surface area contributed by atoms with Crippen LogP contribution in [0.4, 0.5) is 11.4 Å². The molecule has 5 nitrogen and oxygen atoms in total. The molecule has 24 heavy (non-hydrogen) atoms. The van der Waals surface area contributed by atoms with E-state index < -0.39 is 0 Å². The predicted molar refractivity (Wildman–Crippen MR) is 97.8 cm³/mol. The van der Waals surface area contributed by atoms with Crippen molar-refractivity contribution in [2.24, 2.45) is 0 Å². The predicted octanol–water partition coefficient (Wildman–Crippen LogP) is 3.52. The largest absolute Gasteiger partial charge is 0.383 e. The summed E-state index contributed by atoms with van der Waals surface area (Å²) in [5, 5.41) is 6.24. The van der Waals surface area contributed by atoms with E-state index in [2.05, 4.69) is 41.6 Å². The van der Waals surface area contributed by atoms with Gasteiger partial charge in [-0.1, -0.05) is 32.0 Å². The normalized spacial score (nSPS) is 10.5. The molecule has 128 valence electrons. The van der Waals surface area contributed by atoms with Crippen LogP contribution in [0.25, 0.3) is 0 Å². The summed E-state index contributed by atoms with van der Waals surface area (Å²) in [6, 6.07) is 7.94. The minimum atomic E-state index is -0.145. The average Bonchev–Trinajstić information content (AvgIpc) is 2.62. The number of nitrogens with zero attached hydrogens (tertiary/aromatic N) is 1. The Morgan fingerprint density at radius 3 is 2.50 bits per heavy atom. The number of pyridine rings is 1. The van der Waals surface area contributed by atoms with Crippen LogP contribution in [0.15, 0.2) is 36.7 Å². The molecule has 1 amide bonds. The number of carbonyl (C=O) groups is 1. The summed E-state index contributed by atoms with van der Waals surface area (Å²) in [5.74, 6) is -0.145. The summed E-state index contributed by atoms with van der Waals surface area (Å²) < 4.78 is 5.01. The number of amides is 1. The number of methoxy groups -OCH3 is 1. The number of aromatic nitrogens is 1. The van der Waals surface area contributed by atoms with Crippen LogP contribution < -0.4 is 10.6 Å². The van der Waals surface area contributed by atoms with E-state index in [0.717, 1.165) is 35.3 Å². The summed E-state index contributed by atoms with van der Waals surface area (Å²) in [5.41, 5.74) is 4.55. The van der Waals surface area contributed by atoms with Gasteiger partial charge in [0.1, 0.15) is 0 Å². The van der Waals surface area contributed by atoms with Crippen molar-refractivity contribution in [1.82, 2.24) is 4.98 Å². The molecule has 2 aromatic rings. The highest BCUT2D eigenvalue weighted by Gasteiger charge is 2.12. The van der Waals surface area contributed by atoms with Crippen LogP contribution in [-0.2, 0) is 17.6 Å². The smallest absolute Gasteiger partial charge is 0.257 e. The average molecular weight is 327 g/mol. The summed E-state index contributed by atoms with van der Waals surface area (Å²) in [7, 11) is 1.65. The van der Waals surface area contributed by atoms with Crippen molar-refractivity contribution >= 4 is 17.3 Å². The lowest BCUT2D eigenvalue weighted by Gasteiger charge is -2.14. The molecule has 0 unspecified atom stereocenters. The number of carbonyl (C=O) groups excluding carboxylic acids is 1. The molecular weight excluding hydrogens is 302 g/mol. The van der Waals surface area contributed by atoms with Crippen LogP contribution in [0.5, 0.6) is 0 Å². The molecule has 0 fully saturated rings. The fourth-order valence-corrected chi connectivity index (χ4v) is 2.55. The topological polar surface area (TPSA) is 63.2 Å². The molecule has 0 atom stereocenters. The van der Waals surface area contributed by atoms with E-state index in [9.17, 15) is 4.79 Å². The highest BCUT2D eigenvalue weighted by atomic mass is 16.5. The van der Waals surface area contributed by atoms with Gasteiger partial charge in [0.15, 0.2) is 0 Å². The molecule has 0 bridgehead atoms. The Morgan fingerprint density at radius 2 is 1.88 bits per heavy atom. The molecule has 0 aliphatic carbocycles. The van der Waals surface area contributed by atoms with Gasteiger partial charge in [0.2, 0.25) is 0 Å². The molecule has 0 aliphatic rings. The van der Waals surface area contributed by atoms with Crippen molar-refractivity contribution in [3.63, 3.8) is 0 Å². The summed E-state index contributed by atoms with van der Waals surface area (Å²) in [6.07, 6.45) is 5.03. The number of para-hydroxylation sites is 1. The zero-order valence-corrected chi connectivity index (χ0v) is 14.6. The first kappa shape index (κ1) is 17.9.